The third kappa shape index (κ3) is 2.42. The molecule has 1 aromatic rings. The Morgan fingerprint density at radius 2 is 1.77 bits per heavy atom. The standard InChI is InChI=1S/C9H13IN2O/c10-9-12-11-8(13-9)7-5-3-1-2-4-6-7/h7H,1-6H2. The summed E-state index contributed by atoms with van der Waals surface area (Å²) < 4.78 is 6.11. The summed E-state index contributed by atoms with van der Waals surface area (Å²) in [6, 6.07) is 0. The van der Waals surface area contributed by atoms with Crippen molar-refractivity contribution in [2.24, 2.45) is 0 Å². The van der Waals surface area contributed by atoms with E-state index in [2.05, 4.69) is 32.8 Å². The molecule has 1 aliphatic carbocycles. The van der Waals surface area contributed by atoms with Crippen LogP contribution in [0.15, 0.2) is 4.42 Å². The van der Waals surface area contributed by atoms with Gasteiger partial charge in [-0.1, -0.05) is 25.7 Å². The Balaban J connectivity index is 2.06. The second-order valence-corrected chi connectivity index (χ2v) is 4.50. The van der Waals surface area contributed by atoms with Gasteiger partial charge in [-0.3, -0.25) is 0 Å². The minimum atomic E-state index is 0.526. The van der Waals surface area contributed by atoms with Crippen LogP contribution in [0.2, 0.25) is 0 Å². The SMILES string of the molecule is Ic1nnc(C2CCCCCC2)o1. The van der Waals surface area contributed by atoms with Crippen molar-refractivity contribution in [1.82, 2.24) is 10.2 Å². The van der Waals surface area contributed by atoms with E-state index >= 15 is 0 Å². The Kier molecular flexibility index (Phi) is 3.18. The average molecular weight is 292 g/mol. The van der Waals surface area contributed by atoms with Gasteiger partial charge in [0.1, 0.15) is 0 Å². The van der Waals surface area contributed by atoms with E-state index in [1.807, 2.05) is 0 Å². The minimum Gasteiger partial charge on any atom is -0.416 e. The molecule has 2 rings (SSSR count). The van der Waals surface area contributed by atoms with E-state index in [1.54, 1.807) is 0 Å². The van der Waals surface area contributed by atoms with Crippen molar-refractivity contribution in [3.63, 3.8) is 0 Å². The van der Waals surface area contributed by atoms with Gasteiger partial charge in [0.05, 0.1) is 0 Å². The average Bonchev–Trinajstić information content (AvgIpc) is 2.43. The van der Waals surface area contributed by atoms with E-state index in [-0.39, 0.29) is 0 Å². The number of halogens is 1. The third-order valence-electron chi connectivity index (χ3n) is 2.62. The zero-order valence-corrected chi connectivity index (χ0v) is 9.66. The van der Waals surface area contributed by atoms with E-state index in [1.165, 1.54) is 38.5 Å². The highest BCUT2D eigenvalue weighted by molar-refractivity contribution is 14.1. The van der Waals surface area contributed by atoms with Crippen LogP contribution >= 0.6 is 22.6 Å². The predicted octanol–water partition coefficient (Wildman–Crippen LogP) is 3.11. The number of hydrogen-bond acceptors (Lipinski definition) is 3. The molecular weight excluding hydrogens is 279 g/mol. The first-order chi connectivity index (χ1) is 6.36. The van der Waals surface area contributed by atoms with Gasteiger partial charge >= 0.3 is 0 Å². The fraction of sp³-hybridized carbons (Fsp3) is 0.778. The summed E-state index contributed by atoms with van der Waals surface area (Å²) in [4.78, 5) is 0. The number of hydrogen-bond donors (Lipinski definition) is 0. The van der Waals surface area contributed by atoms with Crippen LogP contribution in [0.1, 0.15) is 50.3 Å². The van der Waals surface area contributed by atoms with Crippen molar-refractivity contribution in [3.8, 4) is 0 Å². The highest BCUT2D eigenvalue weighted by Crippen LogP contribution is 2.30. The second-order valence-electron chi connectivity index (χ2n) is 3.58. The first-order valence-corrected chi connectivity index (χ1v) is 5.93. The van der Waals surface area contributed by atoms with Crippen molar-refractivity contribution in [2.75, 3.05) is 0 Å². The van der Waals surface area contributed by atoms with E-state index in [4.69, 9.17) is 4.42 Å². The van der Waals surface area contributed by atoms with Crippen LogP contribution in [0.25, 0.3) is 0 Å². The molecule has 13 heavy (non-hydrogen) atoms. The van der Waals surface area contributed by atoms with Crippen molar-refractivity contribution in [1.29, 1.82) is 0 Å². The summed E-state index contributed by atoms with van der Waals surface area (Å²) in [5, 5.41) is 7.95. The van der Waals surface area contributed by atoms with Crippen molar-refractivity contribution < 1.29 is 4.42 Å². The summed E-state index contributed by atoms with van der Waals surface area (Å²) in [7, 11) is 0. The quantitative estimate of drug-likeness (QED) is 0.589. The maximum atomic E-state index is 5.44. The summed E-state index contributed by atoms with van der Waals surface area (Å²) >= 11 is 2.07. The lowest BCUT2D eigenvalue weighted by molar-refractivity contribution is 0.405. The van der Waals surface area contributed by atoms with Gasteiger partial charge in [0.2, 0.25) is 5.89 Å². The molecule has 0 unspecified atom stereocenters. The first kappa shape index (κ1) is 9.43. The lowest BCUT2D eigenvalue weighted by atomic mass is 10.0. The molecule has 0 bridgehead atoms. The van der Waals surface area contributed by atoms with Gasteiger partial charge in [0.25, 0.3) is 3.90 Å². The molecule has 1 heterocycles. The maximum absolute atomic E-state index is 5.44. The fourth-order valence-corrected chi connectivity index (χ4v) is 2.24. The van der Waals surface area contributed by atoms with Gasteiger partial charge in [-0.15, -0.1) is 10.2 Å². The van der Waals surface area contributed by atoms with Crippen LogP contribution in [0, 0.1) is 3.90 Å². The molecule has 1 saturated carbocycles. The van der Waals surface area contributed by atoms with Gasteiger partial charge in [-0.25, -0.2) is 0 Å². The Morgan fingerprint density at radius 3 is 2.31 bits per heavy atom. The van der Waals surface area contributed by atoms with Crippen LogP contribution in [0.5, 0.6) is 0 Å². The first-order valence-electron chi connectivity index (χ1n) is 4.85. The van der Waals surface area contributed by atoms with Gasteiger partial charge < -0.3 is 4.42 Å². The molecule has 0 saturated heterocycles. The molecule has 1 aliphatic rings. The van der Waals surface area contributed by atoms with E-state index in [0.717, 1.165) is 5.89 Å². The molecule has 1 fully saturated rings. The van der Waals surface area contributed by atoms with Crippen LogP contribution in [0.4, 0.5) is 0 Å². The molecule has 3 nitrogen and oxygen atoms in total. The number of rotatable bonds is 1. The summed E-state index contributed by atoms with van der Waals surface area (Å²) in [6.07, 6.45) is 7.78. The summed E-state index contributed by atoms with van der Waals surface area (Å²) in [6.45, 7) is 0. The second kappa shape index (κ2) is 4.39. The molecule has 0 atom stereocenters. The van der Waals surface area contributed by atoms with E-state index < -0.39 is 0 Å². The maximum Gasteiger partial charge on any atom is 0.278 e. The van der Waals surface area contributed by atoms with Crippen LogP contribution in [-0.4, -0.2) is 10.2 Å². The number of nitrogens with zero attached hydrogens (tertiary/aromatic N) is 2. The predicted molar refractivity (Wildman–Crippen MR) is 57.5 cm³/mol. The molecule has 0 aromatic carbocycles. The Bertz CT molecular complexity index is 266. The van der Waals surface area contributed by atoms with Crippen molar-refractivity contribution in [3.05, 3.63) is 9.79 Å². The van der Waals surface area contributed by atoms with Crippen molar-refractivity contribution in [2.45, 2.75) is 44.4 Å². The van der Waals surface area contributed by atoms with Gasteiger partial charge in [-0.2, -0.15) is 0 Å². The lowest BCUT2D eigenvalue weighted by Gasteiger charge is -2.07. The van der Waals surface area contributed by atoms with Crippen LogP contribution < -0.4 is 0 Å². The molecule has 0 N–H and O–H groups in total. The van der Waals surface area contributed by atoms with Gasteiger partial charge in [0, 0.05) is 28.5 Å². The fourth-order valence-electron chi connectivity index (χ4n) is 1.91. The third-order valence-corrected chi connectivity index (χ3v) is 3.06. The van der Waals surface area contributed by atoms with Crippen molar-refractivity contribution >= 4 is 22.6 Å². The monoisotopic (exact) mass is 292 g/mol. The smallest absolute Gasteiger partial charge is 0.278 e. The normalized spacial score (nSPS) is 20.1. The zero-order valence-electron chi connectivity index (χ0n) is 7.50. The molecule has 0 spiro atoms. The highest BCUT2D eigenvalue weighted by Gasteiger charge is 2.19. The summed E-state index contributed by atoms with van der Waals surface area (Å²) in [5.41, 5.74) is 0. The van der Waals surface area contributed by atoms with E-state index in [0.29, 0.717) is 9.82 Å². The molecule has 0 aliphatic heterocycles. The Morgan fingerprint density at radius 1 is 1.08 bits per heavy atom. The zero-order chi connectivity index (χ0) is 9.10. The molecule has 72 valence electrons. The molecule has 4 heteroatoms. The molecule has 0 radical (unpaired) electrons. The topological polar surface area (TPSA) is 38.9 Å². The lowest BCUT2D eigenvalue weighted by Crippen LogP contribution is -1.97. The van der Waals surface area contributed by atoms with Crippen LogP contribution in [-0.2, 0) is 0 Å². The van der Waals surface area contributed by atoms with E-state index in [9.17, 15) is 0 Å². The molecular formula is C9H13IN2O. The van der Waals surface area contributed by atoms with Gasteiger partial charge in [0.15, 0.2) is 0 Å². The highest BCUT2D eigenvalue weighted by atomic mass is 127. The van der Waals surface area contributed by atoms with Gasteiger partial charge in [-0.05, 0) is 12.8 Å². The Labute approximate surface area is 91.4 Å². The summed E-state index contributed by atoms with van der Waals surface area (Å²) in [5.74, 6) is 1.38. The van der Waals surface area contributed by atoms with Crippen LogP contribution in [0.3, 0.4) is 0 Å². The largest absolute Gasteiger partial charge is 0.416 e. The molecule has 1 aromatic heterocycles. The minimum absolute atomic E-state index is 0.526. The molecule has 0 amide bonds. The number of aromatic nitrogens is 2. The Hall–Kier alpha value is -0.130.